The summed E-state index contributed by atoms with van der Waals surface area (Å²) in [5.41, 5.74) is 7.10. The maximum absolute atomic E-state index is 11.1. The molecule has 1 aromatic rings. The summed E-state index contributed by atoms with van der Waals surface area (Å²) in [6.07, 6.45) is 2.47. The minimum absolute atomic E-state index is 0.00779. The first-order valence-electron chi connectivity index (χ1n) is 5.86. The van der Waals surface area contributed by atoms with Crippen molar-refractivity contribution in [3.05, 3.63) is 17.5 Å². The molecule has 1 aromatic heterocycles. The predicted molar refractivity (Wildman–Crippen MR) is 65.9 cm³/mol. The molecule has 18 heavy (non-hydrogen) atoms. The third kappa shape index (κ3) is 2.67. The molecule has 4 N–H and O–H groups in total. The molecule has 0 saturated carbocycles. The highest BCUT2D eigenvalue weighted by Crippen LogP contribution is 2.17. The van der Waals surface area contributed by atoms with Crippen LogP contribution in [0.3, 0.4) is 0 Å². The van der Waals surface area contributed by atoms with Crippen LogP contribution in [0.25, 0.3) is 0 Å². The van der Waals surface area contributed by atoms with Gasteiger partial charge in [0.05, 0.1) is 18.8 Å². The number of aromatic nitrogens is 2. The first-order chi connectivity index (χ1) is 8.60. The van der Waals surface area contributed by atoms with Gasteiger partial charge in [-0.3, -0.25) is 0 Å². The lowest BCUT2D eigenvalue weighted by molar-refractivity contribution is 0.201. The Hall–Kier alpha value is -1.89. The number of hydrogen-bond acceptors (Lipinski definition) is 5. The van der Waals surface area contributed by atoms with Crippen LogP contribution in [0.15, 0.2) is 6.20 Å². The smallest absolute Gasteiger partial charge is 0.315 e. The Labute approximate surface area is 105 Å². The van der Waals surface area contributed by atoms with E-state index < -0.39 is 6.03 Å². The molecule has 7 nitrogen and oxygen atoms in total. The third-order valence-corrected chi connectivity index (χ3v) is 2.91. The quantitative estimate of drug-likeness (QED) is 0.684. The molecule has 0 bridgehead atoms. The Morgan fingerprint density at radius 1 is 1.72 bits per heavy atom. The fourth-order valence-electron chi connectivity index (χ4n) is 1.83. The summed E-state index contributed by atoms with van der Waals surface area (Å²) in [4.78, 5) is 21.2. The number of anilines is 1. The number of fused-ring (bicyclic) bond motifs is 1. The minimum Gasteiger partial charge on any atom is -0.394 e. The van der Waals surface area contributed by atoms with Crippen LogP contribution < -0.4 is 11.1 Å². The molecule has 0 radical (unpaired) electrons. The highest BCUT2D eigenvalue weighted by molar-refractivity contribution is 5.72. The van der Waals surface area contributed by atoms with Crippen LogP contribution in [-0.4, -0.2) is 45.2 Å². The van der Waals surface area contributed by atoms with Gasteiger partial charge in [-0.15, -0.1) is 0 Å². The van der Waals surface area contributed by atoms with Gasteiger partial charge in [0, 0.05) is 18.8 Å². The van der Waals surface area contributed by atoms with Crippen molar-refractivity contribution in [2.75, 3.05) is 18.5 Å². The van der Waals surface area contributed by atoms with Gasteiger partial charge in [0.2, 0.25) is 5.95 Å². The van der Waals surface area contributed by atoms with Crippen LogP contribution in [-0.2, 0) is 13.0 Å². The molecule has 0 spiro atoms. The molecule has 1 aliphatic rings. The zero-order chi connectivity index (χ0) is 13.1. The number of nitrogens with one attached hydrogen (secondary N) is 1. The van der Waals surface area contributed by atoms with Gasteiger partial charge in [-0.2, -0.15) is 0 Å². The van der Waals surface area contributed by atoms with E-state index in [4.69, 9.17) is 10.8 Å². The highest BCUT2D eigenvalue weighted by atomic mass is 16.3. The van der Waals surface area contributed by atoms with Crippen molar-refractivity contribution >= 4 is 12.0 Å². The molecule has 2 amide bonds. The molecule has 0 fully saturated rings. The number of primary amides is 1. The Kier molecular flexibility index (Phi) is 3.61. The van der Waals surface area contributed by atoms with Gasteiger partial charge < -0.3 is 21.1 Å². The predicted octanol–water partition coefficient (Wildman–Crippen LogP) is -0.294. The number of hydrogen-bond donors (Lipinski definition) is 3. The summed E-state index contributed by atoms with van der Waals surface area (Å²) in [6.45, 7) is 2.85. The summed E-state index contributed by atoms with van der Waals surface area (Å²) in [6, 6.07) is -0.545. The average Bonchev–Trinajstić information content (AvgIpc) is 2.37. The largest absolute Gasteiger partial charge is 0.394 e. The maximum atomic E-state index is 11.1. The Morgan fingerprint density at radius 3 is 3.17 bits per heavy atom. The van der Waals surface area contributed by atoms with Crippen molar-refractivity contribution in [3.8, 4) is 0 Å². The Morgan fingerprint density at radius 2 is 2.50 bits per heavy atom. The van der Waals surface area contributed by atoms with Gasteiger partial charge >= 0.3 is 6.03 Å². The van der Waals surface area contributed by atoms with Gasteiger partial charge in [0.1, 0.15) is 0 Å². The SMILES string of the molecule is CC(CO)Nc1ncc2c(n1)CN(C(N)=O)CC2. The van der Waals surface area contributed by atoms with Crippen LogP contribution in [0.2, 0.25) is 0 Å². The molecule has 0 aliphatic carbocycles. The lowest BCUT2D eigenvalue weighted by Crippen LogP contribution is -2.40. The topological polar surface area (TPSA) is 104 Å². The molecule has 7 heteroatoms. The number of urea groups is 1. The average molecular weight is 251 g/mol. The van der Waals surface area contributed by atoms with E-state index in [9.17, 15) is 4.79 Å². The fraction of sp³-hybridized carbons (Fsp3) is 0.545. The number of carbonyl (C=O) groups is 1. The standard InChI is InChI=1S/C11H17N5O2/c1-7(6-17)14-11-13-4-8-2-3-16(10(12)18)5-9(8)15-11/h4,7,17H,2-3,5-6H2,1H3,(H2,12,18)(H,13,14,15). The van der Waals surface area contributed by atoms with Crippen LogP contribution in [0, 0.1) is 0 Å². The molecular formula is C11H17N5O2. The zero-order valence-electron chi connectivity index (χ0n) is 10.3. The molecule has 2 heterocycles. The number of nitrogens with zero attached hydrogens (tertiary/aromatic N) is 3. The first-order valence-corrected chi connectivity index (χ1v) is 5.86. The minimum atomic E-state index is -0.433. The second-order valence-corrected chi connectivity index (χ2v) is 4.40. The molecule has 0 saturated heterocycles. The van der Waals surface area contributed by atoms with E-state index in [1.807, 2.05) is 6.92 Å². The molecule has 0 aromatic carbocycles. The second kappa shape index (κ2) is 5.18. The van der Waals surface area contributed by atoms with Gasteiger partial charge in [-0.1, -0.05) is 0 Å². The highest BCUT2D eigenvalue weighted by Gasteiger charge is 2.20. The van der Waals surface area contributed by atoms with E-state index in [0.717, 1.165) is 11.3 Å². The van der Waals surface area contributed by atoms with Gasteiger partial charge in [-0.25, -0.2) is 14.8 Å². The first kappa shape index (κ1) is 12.6. The van der Waals surface area contributed by atoms with Crippen molar-refractivity contribution in [3.63, 3.8) is 0 Å². The van der Waals surface area contributed by atoms with Crippen molar-refractivity contribution in [1.29, 1.82) is 0 Å². The number of aliphatic hydroxyl groups is 1. The summed E-state index contributed by atoms with van der Waals surface area (Å²) in [7, 11) is 0. The van der Waals surface area contributed by atoms with Crippen LogP contribution in [0.5, 0.6) is 0 Å². The molecule has 1 aliphatic heterocycles. The maximum Gasteiger partial charge on any atom is 0.315 e. The van der Waals surface area contributed by atoms with Crippen LogP contribution in [0.1, 0.15) is 18.2 Å². The summed E-state index contributed by atoms with van der Waals surface area (Å²) in [5, 5.41) is 11.9. The monoisotopic (exact) mass is 251 g/mol. The van der Waals surface area contributed by atoms with E-state index in [-0.39, 0.29) is 12.6 Å². The molecule has 1 atom stereocenters. The number of carbonyl (C=O) groups excluding carboxylic acids is 1. The van der Waals surface area contributed by atoms with Gasteiger partial charge in [0.15, 0.2) is 0 Å². The number of aliphatic hydroxyl groups excluding tert-OH is 1. The lowest BCUT2D eigenvalue weighted by Gasteiger charge is -2.26. The summed E-state index contributed by atoms with van der Waals surface area (Å²) in [5.74, 6) is 0.460. The normalized spacial score (nSPS) is 16.0. The van der Waals surface area contributed by atoms with E-state index in [1.165, 1.54) is 0 Å². The fourth-order valence-corrected chi connectivity index (χ4v) is 1.83. The van der Waals surface area contributed by atoms with E-state index in [0.29, 0.717) is 25.5 Å². The van der Waals surface area contributed by atoms with Crippen molar-refractivity contribution < 1.29 is 9.90 Å². The molecular weight excluding hydrogens is 234 g/mol. The third-order valence-electron chi connectivity index (χ3n) is 2.91. The number of rotatable bonds is 3. The van der Waals surface area contributed by atoms with Gasteiger partial charge in [-0.05, 0) is 18.9 Å². The molecule has 98 valence electrons. The van der Waals surface area contributed by atoms with E-state index in [2.05, 4.69) is 15.3 Å². The van der Waals surface area contributed by atoms with Crippen LogP contribution in [0.4, 0.5) is 10.7 Å². The summed E-state index contributed by atoms with van der Waals surface area (Å²) < 4.78 is 0. The van der Waals surface area contributed by atoms with E-state index in [1.54, 1.807) is 11.1 Å². The zero-order valence-corrected chi connectivity index (χ0v) is 10.3. The van der Waals surface area contributed by atoms with Gasteiger partial charge in [0.25, 0.3) is 0 Å². The van der Waals surface area contributed by atoms with E-state index >= 15 is 0 Å². The second-order valence-electron chi connectivity index (χ2n) is 4.40. The van der Waals surface area contributed by atoms with Crippen molar-refractivity contribution in [2.45, 2.75) is 25.9 Å². The van der Waals surface area contributed by atoms with Crippen molar-refractivity contribution in [2.24, 2.45) is 5.73 Å². The van der Waals surface area contributed by atoms with Crippen LogP contribution >= 0.6 is 0 Å². The molecule has 2 rings (SSSR count). The number of amides is 2. The molecule has 1 unspecified atom stereocenters. The Bertz CT molecular complexity index is 451. The summed E-state index contributed by atoms with van der Waals surface area (Å²) >= 11 is 0. The Balaban J connectivity index is 2.15. The lowest BCUT2D eigenvalue weighted by atomic mass is 10.1. The van der Waals surface area contributed by atoms with Crippen molar-refractivity contribution in [1.82, 2.24) is 14.9 Å². The number of nitrogens with two attached hydrogens (primary N) is 1.